The van der Waals surface area contributed by atoms with Gasteiger partial charge in [0.05, 0.1) is 17.4 Å². The number of carbonyl (C=O) groups is 2. The van der Waals surface area contributed by atoms with Crippen LogP contribution < -0.4 is 4.74 Å². The van der Waals surface area contributed by atoms with E-state index in [1.54, 1.807) is 11.8 Å². The lowest BCUT2D eigenvalue weighted by Crippen LogP contribution is -2.47. The highest BCUT2D eigenvalue weighted by Crippen LogP contribution is 2.30. The number of hydrogen-bond donors (Lipinski definition) is 0. The molecule has 0 spiro atoms. The molecule has 2 aliphatic rings. The Morgan fingerprint density at radius 3 is 2.21 bits per heavy atom. The minimum absolute atomic E-state index is 0.0602. The van der Waals surface area contributed by atoms with E-state index in [2.05, 4.69) is 4.74 Å². The number of amides is 1. The number of halogens is 3. The van der Waals surface area contributed by atoms with Crippen LogP contribution in [0.4, 0.5) is 13.2 Å². The van der Waals surface area contributed by atoms with Crippen LogP contribution in [-0.2, 0) is 24.3 Å². The number of nitrogens with zero attached hydrogens (tertiary/aromatic N) is 2. The van der Waals surface area contributed by atoms with Crippen molar-refractivity contribution in [3.8, 4) is 5.75 Å². The zero-order valence-electron chi connectivity index (χ0n) is 18.2. The number of hydrogen-bond acceptors (Lipinski definition) is 6. The molecule has 1 amide bonds. The van der Waals surface area contributed by atoms with Crippen molar-refractivity contribution in [2.45, 2.75) is 43.9 Å². The molecule has 0 bridgehead atoms. The average molecular weight is 493 g/mol. The van der Waals surface area contributed by atoms with Gasteiger partial charge in [0.2, 0.25) is 15.9 Å². The van der Waals surface area contributed by atoms with Crippen LogP contribution >= 0.6 is 0 Å². The second-order valence-electron chi connectivity index (χ2n) is 8.05. The summed E-state index contributed by atoms with van der Waals surface area (Å²) in [5.74, 6) is -1.46. The Hall–Kier alpha value is -2.34. The molecular weight excluding hydrogens is 465 g/mol. The third-order valence-corrected chi connectivity index (χ3v) is 7.80. The van der Waals surface area contributed by atoms with Crippen molar-refractivity contribution >= 4 is 21.9 Å². The molecule has 1 aromatic rings. The molecular formula is C21H27F3N2O6S. The molecule has 0 radical (unpaired) electrons. The van der Waals surface area contributed by atoms with Crippen molar-refractivity contribution in [3.63, 3.8) is 0 Å². The van der Waals surface area contributed by atoms with Crippen LogP contribution in [-0.4, -0.2) is 68.6 Å². The molecule has 12 heteroatoms. The second-order valence-corrected chi connectivity index (χ2v) is 9.99. The van der Waals surface area contributed by atoms with Gasteiger partial charge in [-0.2, -0.15) is 4.31 Å². The molecule has 2 heterocycles. The van der Waals surface area contributed by atoms with Crippen LogP contribution in [0.3, 0.4) is 0 Å². The minimum Gasteiger partial charge on any atom is -0.466 e. The van der Waals surface area contributed by atoms with Crippen LogP contribution in [0.5, 0.6) is 5.75 Å². The first-order valence-electron chi connectivity index (χ1n) is 10.8. The van der Waals surface area contributed by atoms with E-state index in [-0.39, 0.29) is 41.7 Å². The molecule has 0 aromatic heterocycles. The van der Waals surface area contributed by atoms with E-state index in [1.807, 2.05) is 0 Å². The van der Waals surface area contributed by atoms with Crippen molar-refractivity contribution < 1.29 is 40.7 Å². The van der Waals surface area contributed by atoms with Crippen molar-refractivity contribution in [2.24, 2.45) is 11.8 Å². The number of esters is 1. The average Bonchev–Trinajstić information content (AvgIpc) is 2.78. The fraction of sp³-hybridized carbons (Fsp3) is 0.619. The highest BCUT2D eigenvalue weighted by atomic mass is 32.2. The maximum atomic E-state index is 12.9. The summed E-state index contributed by atoms with van der Waals surface area (Å²) >= 11 is 0. The Balaban J connectivity index is 1.56. The predicted octanol–water partition coefficient (Wildman–Crippen LogP) is 2.79. The van der Waals surface area contributed by atoms with Gasteiger partial charge in [-0.1, -0.05) is 6.07 Å². The lowest BCUT2D eigenvalue weighted by Gasteiger charge is -2.36. The van der Waals surface area contributed by atoms with E-state index < -0.39 is 22.1 Å². The first-order valence-corrected chi connectivity index (χ1v) is 12.3. The predicted molar refractivity (Wildman–Crippen MR) is 111 cm³/mol. The van der Waals surface area contributed by atoms with Crippen LogP contribution in [0.25, 0.3) is 0 Å². The van der Waals surface area contributed by atoms with Gasteiger partial charge in [-0.3, -0.25) is 9.59 Å². The van der Waals surface area contributed by atoms with E-state index >= 15 is 0 Å². The molecule has 0 N–H and O–H groups in total. The van der Waals surface area contributed by atoms with Gasteiger partial charge in [0.1, 0.15) is 5.75 Å². The number of benzene rings is 1. The number of likely N-dealkylation sites (tertiary alicyclic amines) is 1. The summed E-state index contributed by atoms with van der Waals surface area (Å²) in [5.41, 5.74) is 0. The Bertz CT molecular complexity index is 953. The van der Waals surface area contributed by atoms with Gasteiger partial charge in [-0.25, -0.2) is 8.42 Å². The summed E-state index contributed by atoms with van der Waals surface area (Å²) in [7, 11) is -4.03. The van der Waals surface area contributed by atoms with Gasteiger partial charge in [0.25, 0.3) is 0 Å². The van der Waals surface area contributed by atoms with Crippen LogP contribution in [0.15, 0.2) is 29.2 Å². The molecule has 33 heavy (non-hydrogen) atoms. The van der Waals surface area contributed by atoms with E-state index in [0.717, 1.165) is 12.1 Å². The fourth-order valence-corrected chi connectivity index (χ4v) is 5.68. The topological polar surface area (TPSA) is 93.2 Å². The molecule has 0 aliphatic carbocycles. The zero-order valence-corrected chi connectivity index (χ0v) is 19.0. The largest absolute Gasteiger partial charge is 0.573 e. The standard InChI is InChI=1S/C21H27F3N2O6S/c1-2-31-20(28)16-6-10-25(11-7-16)19(27)15-8-12-26(13-9-15)33(29,30)18-5-3-4-17(14-18)32-21(22,23)24/h3-5,14-16H,2,6-13H2,1H3. The van der Waals surface area contributed by atoms with Crippen molar-refractivity contribution in [2.75, 3.05) is 32.8 Å². The number of carbonyl (C=O) groups excluding carboxylic acids is 2. The van der Waals surface area contributed by atoms with Gasteiger partial charge < -0.3 is 14.4 Å². The molecule has 2 saturated heterocycles. The first-order chi connectivity index (χ1) is 15.5. The molecule has 0 atom stereocenters. The number of sulfonamides is 1. The highest BCUT2D eigenvalue weighted by molar-refractivity contribution is 7.89. The third-order valence-electron chi connectivity index (χ3n) is 5.91. The van der Waals surface area contributed by atoms with Crippen molar-refractivity contribution in [1.82, 2.24) is 9.21 Å². The minimum atomic E-state index is -4.92. The summed E-state index contributed by atoms with van der Waals surface area (Å²) in [6.45, 7) is 3.14. The van der Waals surface area contributed by atoms with Gasteiger partial charge in [-0.05, 0) is 44.7 Å². The smallest absolute Gasteiger partial charge is 0.466 e. The number of ether oxygens (including phenoxy) is 2. The van der Waals surface area contributed by atoms with E-state index in [4.69, 9.17) is 4.74 Å². The van der Waals surface area contributed by atoms with E-state index in [1.165, 1.54) is 16.4 Å². The van der Waals surface area contributed by atoms with Crippen molar-refractivity contribution in [3.05, 3.63) is 24.3 Å². The molecule has 0 unspecified atom stereocenters. The van der Waals surface area contributed by atoms with Crippen molar-refractivity contribution in [1.29, 1.82) is 0 Å². The summed E-state index contributed by atoms with van der Waals surface area (Å²) in [6.07, 6.45) is -3.22. The van der Waals surface area contributed by atoms with E-state index in [9.17, 15) is 31.2 Å². The highest BCUT2D eigenvalue weighted by Gasteiger charge is 2.36. The maximum absolute atomic E-state index is 12.9. The Labute approximate surface area is 190 Å². The monoisotopic (exact) mass is 492 g/mol. The van der Waals surface area contributed by atoms with Crippen LogP contribution in [0.1, 0.15) is 32.6 Å². The van der Waals surface area contributed by atoms with Gasteiger partial charge >= 0.3 is 12.3 Å². The molecule has 184 valence electrons. The summed E-state index contributed by atoms with van der Waals surface area (Å²) in [5, 5.41) is 0. The summed E-state index contributed by atoms with van der Waals surface area (Å²) < 4.78 is 73.2. The lowest BCUT2D eigenvalue weighted by molar-refractivity contribution is -0.274. The van der Waals surface area contributed by atoms with Crippen LogP contribution in [0, 0.1) is 11.8 Å². The maximum Gasteiger partial charge on any atom is 0.573 e. The quantitative estimate of drug-likeness (QED) is 0.567. The Morgan fingerprint density at radius 2 is 1.64 bits per heavy atom. The molecule has 3 rings (SSSR count). The Morgan fingerprint density at radius 1 is 1.03 bits per heavy atom. The molecule has 0 saturated carbocycles. The number of alkyl halides is 3. The van der Waals surface area contributed by atoms with Gasteiger partial charge in [0, 0.05) is 38.2 Å². The lowest BCUT2D eigenvalue weighted by atomic mass is 9.92. The zero-order chi connectivity index (χ0) is 24.2. The first kappa shape index (κ1) is 25.3. The van der Waals surface area contributed by atoms with Gasteiger partial charge in [0.15, 0.2) is 0 Å². The SMILES string of the molecule is CCOC(=O)C1CCN(C(=O)C2CCN(S(=O)(=O)c3cccc(OC(F)(F)F)c3)CC2)CC1. The number of rotatable bonds is 6. The number of piperidine rings is 2. The van der Waals surface area contributed by atoms with Crippen LogP contribution in [0.2, 0.25) is 0 Å². The molecule has 2 fully saturated rings. The Kier molecular flexibility index (Phi) is 7.88. The normalized spacial score (nSPS) is 19.3. The molecule has 1 aromatic carbocycles. The second kappa shape index (κ2) is 10.3. The molecule has 2 aliphatic heterocycles. The van der Waals surface area contributed by atoms with Gasteiger partial charge in [-0.15, -0.1) is 13.2 Å². The third kappa shape index (κ3) is 6.38. The fourth-order valence-electron chi connectivity index (χ4n) is 4.18. The molecule has 8 nitrogen and oxygen atoms in total. The summed E-state index contributed by atoms with van der Waals surface area (Å²) in [4.78, 5) is 26.2. The van der Waals surface area contributed by atoms with E-state index in [0.29, 0.717) is 45.4 Å². The summed E-state index contributed by atoms with van der Waals surface area (Å²) in [6, 6.07) is 4.27.